The summed E-state index contributed by atoms with van der Waals surface area (Å²) in [5.41, 5.74) is 1.09. The molecule has 0 radical (unpaired) electrons. The van der Waals surface area contributed by atoms with E-state index in [0.29, 0.717) is 10.8 Å². The second kappa shape index (κ2) is 8.70. The number of amides is 1. The Balaban J connectivity index is 1.81. The average Bonchev–Trinajstić information content (AvgIpc) is 2.56. The third kappa shape index (κ3) is 5.54. The highest BCUT2D eigenvalue weighted by atomic mass is 35.5. The molecule has 7 heteroatoms. The largest absolute Gasteiger partial charge is 0.452 e. The fourth-order valence-electron chi connectivity index (χ4n) is 1.82. The summed E-state index contributed by atoms with van der Waals surface area (Å²) in [6.07, 6.45) is 0.514. The first kappa shape index (κ1) is 18.3. The van der Waals surface area contributed by atoms with E-state index in [1.54, 1.807) is 12.1 Å². The maximum Gasteiger partial charge on any atom is 0.317 e. The number of nitrogens with one attached hydrogen (secondary N) is 1. The number of anilines is 1. The summed E-state index contributed by atoms with van der Waals surface area (Å²) in [7, 11) is 0. The Labute approximate surface area is 149 Å². The van der Waals surface area contributed by atoms with Crippen LogP contribution in [0.3, 0.4) is 0 Å². The van der Waals surface area contributed by atoms with Gasteiger partial charge in [-0.2, -0.15) is 0 Å². The second-order valence-corrected chi connectivity index (χ2v) is 6.49. The lowest BCUT2D eigenvalue weighted by Crippen LogP contribution is -2.30. The van der Waals surface area contributed by atoms with Crippen LogP contribution in [-0.4, -0.2) is 28.7 Å². The quantitative estimate of drug-likeness (QED) is 0.625. The van der Waals surface area contributed by atoms with Crippen LogP contribution < -0.4 is 5.32 Å². The molecule has 1 atom stereocenters. The van der Waals surface area contributed by atoms with Gasteiger partial charge in [0, 0.05) is 11.1 Å². The number of benzene rings is 1. The molecular weight excluding hydrogens is 348 g/mol. The van der Waals surface area contributed by atoms with Crippen molar-refractivity contribution in [2.24, 2.45) is 0 Å². The van der Waals surface area contributed by atoms with E-state index in [-0.39, 0.29) is 5.75 Å². The Morgan fingerprint density at radius 1 is 1.29 bits per heavy atom. The van der Waals surface area contributed by atoms with Gasteiger partial charge in [-0.05, 0) is 37.6 Å². The summed E-state index contributed by atoms with van der Waals surface area (Å²) in [6.45, 7) is 3.49. The van der Waals surface area contributed by atoms with Crippen molar-refractivity contribution in [1.82, 2.24) is 4.98 Å². The number of hydrogen-bond acceptors (Lipinski definition) is 5. The summed E-state index contributed by atoms with van der Waals surface area (Å²) in [5.74, 6) is -0.405. The number of rotatable bonds is 6. The van der Waals surface area contributed by atoms with E-state index in [1.165, 1.54) is 24.9 Å². The Morgan fingerprint density at radius 2 is 2.04 bits per heavy atom. The zero-order chi connectivity index (χ0) is 17.5. The lowest BCUT2D eigenvalue weighted by Gasteiger charge is -2.13. The number of carbonyl (C=O) groups excluding carboxylic acids is 2. The van der Waals surface area contributed by atoms with Gasteiger partial charge in [-0.15, -0.1) is 11.8 Å². The number of aromatic nitrogens is 1. The minimum absolute atomic E-state index is 0.141. The first-order valence-electron chi connectivity index (χ1n) is 7.26. The maximum absolute atomic E-state index is 12.0. The fourth-order valence-corrected chi connectivity index (χ4v) is 2.74. The van der Waals surface area contributed by atoms with Gasteiger partial charge in [0.05, 0.1) is 10.8 Å². The van der Waals surface area contributed by atoms with Gasteiger partial charge < -0.3 is 10.1 Å². The molecule has 24 heavy (non-hydrogen) atoms. The van der Waals surface area contributed by atoms with Gasteiger partial charge in [0.2, 0.25) is 0 Å². The van der Waals surface area contributed by atoms with Gasteiger partial charge in [-0.3, -0.25) is 9.59 Å². The minimum atomic E-state index is -0.910. The molecule has 1 aromatic carbocycles. The van der Waals surface area contributed by atoms with Crippen molar-refractivity contribution in [3.8, 4) is 0 Å². The average molecular weight is 365 g/mol. The highest BCUT2D eigenvalue weighted by molar-refractivity contribution is 8.00. The van der Waals surface area contributed by atoms with E-state index < -0.39 is 18.0 Å². The summed E-state index contributed by atoms with van der Waals surface area (Å²) in [4.78, 5) is 28.8. The second-order valence-electron chi connectivity index (χ2n) is 5.04. The molecule has 0 aliphatic heterocycles. The number of hydrogen-bond donors (Lipinski definition) is 1. The molecule has 0 aliphatic carbocycles. The summed E-state index contributed by atoms with van der Waals surface area (Å²) < 4.78 is 5.14. The van der Waals surface area contributed by atoms with Crippen LogP contribution in [0.5, 0.6) is 0 Å². The Hall–Kier alpha value is -2.05. The zero-order valence-corrected chi connectivity index (χ0v) is 14.9. The monoisotopic (exact) mass is 364 g/mol. The number of halogens is 1. The molecule has 0 bridgehead atoms. The van der Waals surface area contributed by atoms with Crippen molar-refractivity contribution < 1.29 is 14.3 Å². The van der Waals surface area contributed by atoms with Crippen LogP contribution in [0.4, 0.5) is 5.82 Å². The molecule has 1 N–H and O–H groups in total. The third-order valence-electron chi connectivity index (χ3n) is 3.10. The highest BCUT2D eigenvalue weighted by Gasteiger charge is 2.18. The number of thioether (sulfide) groups is 1. The van der Waals surface area contributed by atoms with Crippen LogP contribution in [0.2, 0.25) is 5.02 Å². The van der Waals surface area contributed by atoms with Crippen LogP contribution in [-0.2, 0) is 14.3 Å². The predicted molar refractivity (Wildman–Crippen MR) is 95.3 cm³/mol. The van der Waals surface area contributed by atoms with Gasteiger partial charge >= 0.3 is 5.97 Å². The molecular formula is C17H17ClN2O3S. The number of aryl methyl sites for hydroxylation is 1. The van der Waals surface area contributed by atoms with Gasteiger partial charge in [0.25, 0.3) is 5.91 Å². The number of nitrogens with zero attached hydrogens (tertiary/aromatic N) is 1. The molecule has 1 amide bonds. The lowest BCUT2D eigenvalue weighted by molar-refractivity contribution is -0.150. The van der Waals surface area contributed by atoms with Crippen molar-refractivity contribution in [3.05, 3.63) is 53.2 Å². The van der Waals surface area contributed by atoms with Crippen LogP contribution in [0, 0.1) is 6.92 Å². The third-order valence-corrected chi connectivity index (χ3v) is 4.47. The van der Waals surface area contributed by atoms with E-state index >= 15 is 0 Å². The van der Waals surface area contributed by atoms with Crippen molar-refractivity contribution in [2.45, 2.75) is 24.8 Å². The predicted octanol–water partition coefficient (Wildman–Crippen LogP) is 3.71. The molecule has 0 fully saturated rings. The molecule has 0 saturated carbocycles. The topological polar surface area (TPSA) is 68.3 Å². The van der Waals surface area contributed by atoms with Crippen LogP contribution in [0.25, 0.3) is 0 Å². The van der Waals surface area contributed by atoms with E-state index in [0.717, 1.165) is 10.5 Å². The fraction of sp³-hybridized carbons (Fsp3) is 0.235. The molecule has 2 aromatic rings. The van der Waals surface area contributed by atoms with E-state index in [4.69, 9.17) is 16.3 Å². The van der Waals surface area contributed by atoms with Crippen molar-refractivity contribution in [2.75, 3.05) is 11.1 Å². The molecule has 0 saturated heterocycles. The number of ether oxygens (including phenoxy) is 1. The highest BCUT2D eigenvalue weighted by Crippen LogP contribution is 2.21. The summed E-state index contributed by atoms with van der Waals surface area (Å²) >= 11 is 7.11. The van der Waals surface area contributed by atoms with Crippen molar-refractivity contribution in [1.29, 1.82) is 0 Å². The Kier molecular flexibility index (Phi) is 6.63. The summed E-state index contributed by atoms with van der Waals surface area (Å²) in [5, 5.41) is 3.04. The van der Waals surface area contributed by atoms with Gasteiger partial charge in [0.15, 0.2) is 6.10 Å². The Bertz CT molecular complexity index is 722. The van der Waals surface area contributed by atoms with Crippen LogP contribution in [0.15, 0.2) is 47.5 Å². The smallest absolute Gasteiger partial charge is 0.317 e. The molecule has 0 spiro atoms. The first-order valence-corrected chi connectivity index (χ1v) is 8.62. The van der Waals surface area contributed by atoms with E-state index in [2.05, 4.69) is 10.3 Å². The van der Waals surface area contributed by atoms with Crippen LogP contribution >= 0.6 is 23.4 Å². The SMILES string of the molecule is Cc1ccccc1SCC(=O)O[C@H](C)C(=O)Nc1ccc(Cl)cn1. The number of pyridine rings is 1. The molecule has 2 rings (SSSR count). The van der Waals surface area contributed by atoms with E-state index in [9.17, 15) is 9.59 Å². The van der Waals surface area contributed by atoms with Gasteiger partial charge in [0.1, 0.15) is 5.82 Å². The molecule has 0 aliphatic rings. The van der Waals surface area contributed by atoms with Crippen LogP contribution in [0.1, 0.15) is 12.5 Å². The van der Waals surface area contributed by atoms with Gasteiger partial charge in [-0.1, -0.05) is 29.8 Å². The molecule has 5 nitrogen and oxygen atoms in total. The van der Waals surface area contributed by atoms with Crippen molar-refractivity contribution >= 4 is 41.1 Å². The van der Waals surface area contributed by atoms with Gasteiger partial charge in [-0.25, -0.2) is 4.98 Å². The lowest BCUT2D eigenvalue weighted by atomic mass is 10.2. The van der Waals surface area contributed by atoms with Crippen molar-refractivity contribution in [3.63, 3.8) is 0 Å². The minimum Gasteiger partial charge on any atom is -0.452 e. The number of carbonyl (C=O) groups is 2. The Morgan fingerprint density at radius 3 is 2.71 bits per heavy atom. The maximum atomic E-state index is 12.0. The summed E-state index contributed by atoms with van der Waals surface area (Å²) in [6, 6.07) is 11.0. The molecule has 1 aromatic heterocycles. The number of esters is 1. The molecule has 0 unspecified atom stereocenters. The van der Waals surface area contributed by atoms with E-state index in [1.807, 2.05) is 31.2 Å². The molecule has 126 valence electrons. The zero-order valence-electron chi connectivity index (χ0n) is 13.3. The first-order chi connectivity index (χ1) is 11.5. The molecule has 1 heterocycles. The standard InChI is InChI=1S/C17H17ClN2O3S/c1-11-5-3-4-6-14(11)24-10-16(21)23-12(2)17(22)20-15-8-7-13(18)9-19-15/h3-9,12H,10H2,1-2H3,(H,19,20,22)/t12-/m1/s1. The normalized spacial score (nSPS) is 11.6.